The van der Waals surface area contributed by atoms with Crippen molar-refractivity contribution in [3.63, 3.8) is 0 Å². The average Bonchev–Trinajstić information content (AvgIpc) is 2.64. The first-order valence-corrected chi connectivity index (χ1v) is 8.27. The number of nitrogens with one attached hydrogen (secondary N) is 1. The second kappa shape index (κ2) is 7.23. The fourth-order valence-electron chi connectivity index (χ4n) is 2.72. The molecule has 0 spiro atoms. The summed E-state index contributed by atoms with van der Waals surface area (Å²) in [6, 6.07) is 20.0. The minimum Gasteiger partial charge on any atom is -0.478 e. The highest BCUT2D eigenvalue weighted by molar-refractivity contribution is 6.08. The third kappa shape index (κ3) is 3.64. The first-order chi connectivity index (χ1) is 12.5. The molecule has 0 fully saturated rings. The van der Waals surface area contributed by atoms with Gasteiger partial charge in [0, 0.05) is 5.56 Å². The smallest absolute Gasteiger partial charge is 0.337 e. The molecule has 0 unspecified atom stereocenters. The largest absolute Gasteiger partial charge is 0.478 e. The second-order valence-electron chi connectivity index (χ2n) is 6.18. The molecular formula is C22H19NO3. The molecular weight excluding hydrogens is 326 g/mol. The van der Waals surface area contributed by atoms with Crippen LogP contribution >= 0.6 is 0 Å². The normalized spacial score (nSPS) is 10.4. The van der Waals surface area contributed by atoms with Gasteiger partial charge in [-0.1, -0.05) is 42.5 Å². The number of aromatic carboxylic acids is 1. The van der Waals surface area contributed by atoms with E-state index >= 15 is 0 Å². The van der Waals surface area contributed by atoms with Crippen LogP contribution in [-0.2, 0) is 0 Å². The highest BCUT2D eigenvalue weighted by Gasteiger charge is 2.15. The molecule has 0 saturated heterocycles. The van der Waals surface area contributed by atoms with Gasteiger partial charge in [-0.3, -0.25) is 4.79 Å². The minimum atomic E-state index is -1.08. The minimum absolute atomic E-state index is 0.0573. The molecule has 4 nitrogen and oxygen atoms in total. The molecule has 0 aliphatic heterocycles. The number of aryl methyl sites for hydroxylation is 2. The van der Waals surface area contributed by atoms with Crippen molar-refractivity contribution < 1.29 is 14.7 Å². The molecule has 130 valence electrons. The van der Waals surface area contributed by atoms with Crippen molar-refractivity contribution in [3.8, 4) is 11.1 Å². The van der Waals surface area contributed by atoms with Gasteiger partial charge < -0.3 is 10.4 Å². The Labute approximate surface area is 152 Å². The zero-order valence-corrected chi connectivity index (χ0v) is 14.6. The number of anilines is 1. The van der Waals surface area contributed by atoms with Crippen molar-refractivity contribution in [2.45, 2.75) is 13.8 Å². The summed E-state index contributed by atoms with van der Waals surface area (Å²) < 4.78 is 0. The Morgan fingerprint density at radius 2 is 1.54 bits per heavy atom. The summed E-state index contributed by atoms with van der Waals surface area (Å²) in [5, 5.41) is 12.2. The Morgan fingerprint density at radius 3 is 2.19 bits per heavy atom. The Balaban J connectivity index is 1.97. The predicted octanol–water partition coefficient (Wildman–Crippen LogP) is 4.92. The topological polar surface area (TPSA) is 66.4 Å². The van der Waals surface area contributed by atoms with Gasteiger partial charge in [-0.15, -0.1) is 0 Å². The molecule has 0 radical (unpaired) electrons. The molecule has 1 amide bonds. The highest BCUT2D eigenvalue weighted by atomic mass is 16.4. The number of hydrogen-bond acceptors (Lipinski definition) is 2. The van der Waals surface area contributed by atoms with E-state index in [4.69, 9.17) is 0 Å². The molecule has 3 aromatic carbocycles. The van der Waals surface area contributed by atoms with Gasteiger partial charge in [0.2, 0.25) is 0 Å². The standard InChI is InChI=1S/C22H19NO3/c1-14-8-9-18(12-15(14)2)21(24)23-20-13-17(10-11-19(20)22(25)26)16-6-4-3-5-7-16/h3-13H,1-2H3,(H,23,24)(H,25,26). The summed E-state index contributed by atoms with van der Waals surface area (Å²) in [5.74, 6) is -1.42. The lowest BCUT2D eigenvalue weighted by Gasteiger charge is -2.12. The van der Waals surface area contributed by atoms with E-state index in [9.17, 15) is 14.7 Å². The number of amides is 1. The van der Waals surface area contributed by atoms with Crippen LogP contribution in [0.1, 0.15) is 31.8 Å². The van der Waals surface area contributed by atoms with Crippen molar-refractivity contribution in [3.05, 3.63) is 89.0 Å². The van der Waals surface area contributed by atoms with Crippen LogP contribution in [0.3, 0.4) is 0 Å². The van der Waals surface area contributed by atoms with Gasteiger partial charge in [0.1, 0.15) is 0 Å². The molecule has 3 aromatic rings. The zero-order chi connectivity index (χ0) is 18.7. The number of carbonyl (C=O) groups is 2. The molecule has 4 heteroatoms. The second-order valence-corrected chi connectivity index (χ2v) is 6.18. The Bertz CT molecular complexity index is 978. The highest BCUT2D eigenvalue weighted by Crippen LogP contribution is 2.26. The SMILES string of the molecule is Cc1ccc(C(=O)Nc2cc(-c3ccccc3)ccc2C(=O)O)cc1C. The van der Waals surface area contributed by atoms with Gasteiger partial charge in [0.15, 0.2) is 0 Å². The summed E-state index contributed by atoms with van der Waals surface area (Å²) >= 11 is 0. The van der Waals surface area contributed by atoms with Gasteiger partial charge in [0.05, 0.1) is 11.3 Å². The van der Waals surface area contributed by atoms with Gasteiger partial charge >= 0.3 is 5.97 Å². The van der Waals surface area contributed by atoms with E-state index in [1.807, 2.05) is 50.2 Å². The van der Waals surface area contributed by atoms with Gasteiger partial charge in [0.25, 0.3) is 5.91 Å². The summed E-state index contributed by atoms with van der Waals surface area (Å²) in [6.07, 6.45) is 0. The molecule has 0 aliphatic carbocycles. The quantitative estimate of drug-likeness (QED) is 0.705. The fourth-order valence-corrected chi connectivity index (χ4v) is 2.72. The lowest BCUT2D eigenvalue weighted by molar-refractivity contribution is 0.0698. The maximum Gasteiger partial charge on any atom is 0.337 e. The monoisotopic (exact) mass is 345 g/mol. The number of hydrogen-bond donors (Lipinski definition) is 2. The molecule has 3 rings (SSSR count). The van der Waals surface area contributed by atoms with E-state index in [-0.39, 0.29) is 17.2 Å². The fraction of sp³-hybridized carbons (Fsp3) is 0.0909. The molecule has 26 heavy (non-hydrogen) atoms. The lowest BCUT2D eigenvalue weighted by Crippen LogP contribution is -2.15. The van der Waals surface area contributed by atoms with Crippen LogP contribution < -0.4 is 5.32 Å². The summed E-state index contributed by atoms with van der Waals surface area (Å²) in [5.41, 5.74) is 4.73. The summed E-state index contributed by atoms with van der Waals surface area (Å²) in [6.45, 7) is 3.91. The summed E-state index contributed by atoms with van der Waals surface area (Å²) in [7, 11) is 0. The molecule has 0 heterocycles. The number of rotatable bonds is 4. The Kier molecular flexibility index (Phi) is 4.85. The van der Waals surface area contributed by atoms with Crippen molar-refractivity contribution in [2.24, 2.45) is 0 Å². The maximum atomic E-state index is 12.6. The molecule has 0 bridgehead atoms. The molecule has 0 aromatic heterocycles. The molecule has 0 saturated carbocycles. The van der Waals surface area contributed by atoms with Gasteiger partial charge in [-0.2, -0.15) is 0 Å². The van der Waals surface area contributed by atoms with Crippen LogP contribution in [0, 0.1) is 13.8 Å². The molecule has 2 N–H and O–H groups in total. The van der Waals surface area contributed by atoms with Crippen LogP contribution in [0.15, 0.2) is 66.7 Å². The van der Waals surface area contributed by atoms with Crippen LogP contribution in [0.2, 0.25) is 0 Å². The van der Waals surface area contributed by atoms with E-state index in [0.717, 1.165) is 22.3 Å². The van der Waals surface area contributed by atoms with E-state index in [2.05, 4.69) is 5.32 Å². The van der Waals surface area contributed by atoms with Crippen molar-refractivity contribution in [2.75, 3.05) is 5.32 Å². The van der Waals surface area contributed by atoms with Gasteiger partial charge in [-0.05, 0) is 60.4 Å². The number of benzene rings is 3. The zero-order valence-electron chi connectivity index (χ0n) is 14.6. The Morgan fingerprint density at radius 1 is 0.808 bits per heavy atom. The lowest BCUT2D eigenvalue weighted by atomic mass is 10.0. The Hall–Kier alpha value is -3.40. The van der Waals surface area contributed by atoms with E-state index in [1.54, 1.807) is 24.3 Å². The average molecular weight is 345 g/mol. The van der Waals surface area contributed by atoms with Crippen LogP contribution in [0.4, 0.5) is 5.69 Å². The summed E-state index contributed by atoms with van der Waals surface area (Å²) in [4.78, 5) is 24.1. The molecule has 0 aliphatic rings. The van der Waals surface area contributed by atoms with Crippen LogP contribution in [0.25, 0.3) is 11.1 Å². The van der Waals surface area contributed by atoms with Crippen molar-refractivity contribution >= 4 is 17.6 Å². The van der Waals surface area contributed by atoms with Gasteiger partial charge in [-0.25, -0.2) is 4.79 Å². The number of carboxylic acid groups (broad SMARTS) is 1. The first kappa shape index (κ1) is 17.4. The first-order valence-electron chi connectivity index (χ1n) is 8.27. The van der Waals surface area contributed by atoms with E-state index in [0.29, 0.717) is 5.56 Å². The predicted molar refractivity (Wildman–Crippen MR) is 103 cm³/mol. The van der Waals surface area contributed by atoms with E-state index in [1.165, 1.54) is 6.07 Å². The maximum absolute atomic E-state index is 12.6. The third-order valence-electron chi connectivity index (χ3n) is 4.37. The van der Waals surface area contributed by atoms with Crippen molar-refractivity contribution in [1.82, 2.24) is 0 Å². The van der Waals surface area contributed by atoms with Crippen LogP contribution in [0.5, 0.6) is 0 Å². The van der Waals surface area contributed by atoms with Crippen LogP contribution in [-0.4, -0.2) is 17.0 Å². The molecule has 0 atom stereocenters. The van der Waals surface area contributed by atoms with Crippen molar-refractivity contribution in [1.29, 1.82) is 0 Å². The third-order valence-corrected chi connectivity index (χ3v) is 4.37. The number of carbonyl (C=O) groups excluding carboxylic acids is 1. The number of carboxylic acids is 1. The van der Waals surface area contributed by atoms with E-state index < -0.39 is 5.97 Å².